The number of anilines is 1. The zero-order chi connectivity index (χ0) is 14.8. The molecule has 0 atom stereocenters. The van der Waals surface area contributed by atoms with Crippen molar-refractivity contribution in [3.05, 3.63) is 24.3 Å². The molecule has 2 amide bonds. The van der Waals surface area contributed by atoms with Gasteiger partial charge >= 0.3 is 0 Å². The van der Waals surface area contributed by atoms with Gasteiger partial charge in [0.15, 0.2) is 6.61 Å². The van der Waals surface area contributed by atoms with Crippen LogP contribution in [0.15, 0.2) is 24.3 Å². The molecule has 7 nitrogen and oxygen atoms in total. The topological polar surface area (TPSA) is 99.9 Å². The van der Waals surface area contributed by atoms with E-state index in [4.69, 9.17) is 19.9 Å². The van der Waals surface area contributed by atoms with Gasteiger partial charge in [-0.3, -0.25) is 9.59 Å². The quantitative estimate of drug-likeness (QED) is 0.628. The first-order chi connectivity index (χ1) is 9.61. The number of nitrogens with one attached hydrogen (secondary N) is 1. The normalized spacial score (nSPS) is 10.1. The molecule has 0 aliphatic carbocycles. The van der Waals surface area contributed by atoms with Gasteiger partial charge in [0.25, 0.3) is 5.91 Å². The van der Waals surface area contributed by atoms with Gasteiger partial charge in [-0.05, 0) is 12.1 Å². The van der Waals surface area contributed by atoms with Gasteiger partial charge in [0.2, 0.25) is 5.91 Å². The van der Waals surface area contributed by atoms with Crippen molar-refractivity contribution in [1.29, 1.82) is 0 Å². The summed E-state index contributed by atoms with van der Waals surface area (Å²) in [5, 5.41) is 2.65. The Morgan fingerprint density at radius 2 is 2.05 bits per heavy atom. The molecule has 0 aromatic heterocycles. The Morgan fingerprint density at radius 3 is 2.75 bits per heavy atom. The summed E-state index contributed by atoms with van der Waals surface area (Å²) in [4.78, 5) is 22.2. The van der Waals surface area contributed by atoms with Gasteiger partial charge in [-0.25, -0.2) is 0 Å². The maximum Gasteiger partial charge on any atom is 0.255 e. The molecule has 0 heterocycles. The molecule has 0 saturated carbocycles. The molecule has 1 rings (SSSR count). The fourth-order valence-corrected chi connectivity index (χ4v) is 1.32. The number of hydrogen-bond donors (Lipinski definition) is 2. The minimum atomic E-state index is -0.564. The summed E-state index contributed by atoms with van der Waals surface area (Å²) in [6.45, 7) is 0.517. The molecule has 1 aromatic rings. The molecule has 0 saturated heterocycles. The lowest BCUT2D eigenvalue weighted by Crippen LogP contribution is -2.20. The van der Waals surface area contributed by atoms with Gasteiger partial charge < -0.3 is 25.3 Å². The molecule has 0 bridgehead atoms. The van der Waals surface area contributed by atoms with Crippen molar-refractivity contribution in [2.45, 2.75) is 0 Å². The molecule has 0 aliphatic rings. The predicted molar refractivity (Wildman–Crippen MR) is 72.5 cm³/mol. The predicted octanol–water partition coefficient (Wildman–Crippen LogP) is 0.152. The van der Waals surface area contributed by atoms with Crippen LogP contribution in [0.2, 0.25) is 0 Å². The third kappa shape index (κ3) is 6.72. The van der Waals surface area contributed by atoms with Crippen LogP contribution in [0.25, 0.3) is 0 Å². The van der Waals surface area contributed by atoms with Crippen LogP contribution in [0.5, 0.6) is 5.75 Å². The van der Waals surface area contributed by atoms with Crippen LogP contribution in [0, 0.1) is 0 Å². The molecule has 0 spiro atoms. The molecule has 3 N–H and O–H groups in total. The number of methoxy groups -OCH3 is 1. The maximum absolute atomic E-state index is 11.6. The number of rotatable bonds is 9. The van der Waals surface area contributed by atoms with Crippen molar-refractivity contribution < 1.29 is 23.8 Å². The highest BCUT2D eigenvalue weighted by Crippen LogP contribution is 2.17. The number of ether oxygens (including phenoxy) is 3. The fourth-order valence-electron chi connectivity index (χ4n) is 1.32. The summed E-state index contributed by atoms with van der Waals surface area (Å²) in [6, 6.07) is 6.64. The van der Waals surface area contributed by atoms with E-state index < -0.39 is 5.91 Å². The molecule has 0 radical (unpaired) electrons. The molecule has 0 aliphatic heterocycles. The first kappa shape index (κ1) is 15.9. The number of carbonyl (C=O) groups excluding carboxylic acids is 2. The minimum absolute atomic E-state index is 0.0598. The van der Waals surface area contributed by atoms with Crippen LogP contribution in [-0.2, 0) is 19.1 Å². The van der Waals surface area contributed by atoms with Gasteiger partial charge in [-0.2, -0.15) is 0 Å². The van der Waals surface area contributed by atoms with E-state index in [0.717, 1.165) is 0 Å². The van der Waals surface area contributed by atoms with E-state index in [1.54, 1.807) is 31.4 Å². The molecule has 0 fully saturated rings. The third-order valence-electron chi connectivity index (χ3n) is 2.16. The third-order valence-corrected chi connectivity index (χ3v) is 2.16. The van der Waals surface area contributed by atoms with E-state index in [1.807, 2.05) is 0 Å². The van der Waals surface area contributed by atoms with Crippen LogP contribution in [0.3, 0.4) is 0 Å². The zero-order valence-electron chi connectivity index (χ0n) is 11.3. The molecule has 0 unspecified atom stereocenters. The Hall–Kier alpha value is -2.12. The van der Waals surface area contributed by atoms with Crippen LogP contribution in [-0.4, -0.2) is 45.4 Å². The second kappa shape index (κ2) is 8.89. The molecule has 110 valence electrons. The lowest BCUT2D eigenvalue weighted by molar-refractivity contribution is -0.121. The van der Waals surface area contributed by atoms with Crippen molar-refractivity contribution >= 4 is 17.5 Å². The van der Waals surface area contributed by atoms with Crippen molar-refractivity contribution in [3.8, 4) is 5.75 Å². The number of nitrogens with two attached hydrogens (primary N) is 1. The Morgan fingerprint density at radius 1 is 1.25 bits per heavy atom. The van der Waals surface area contributed by atoms with Gasteiger partial charge in [0, 0.05) is 18.9 Å². The summed E-state index contributed by atoms with van der Waals surface area (Å²) in [5.41, 5.74) is 5.53. The molecule has 1 aromatic carbocycles. The number of primary amides is 1. The number of hydrogen-bond acceptors (Lipinski definition) is 5. The highest BCUT2D eigenvalue weighted by molar-refractivity contribution is 5.91. The summed E-state index contributed by atoms with van der Waals surface area (Å²) < 4.78 is 15.0. The number of carbonyl (C=O) groups is 2. The monoisotopic (exact) mass is 282 g/mol. The second-order valence-corrected chi connectivity index (χ2v) is 3.88. The average Bonchev–Trinajstić information content (AvgIpc) is 2.42. The summed E-state index contributed by atoms with van der Waals surface area (Å²) in [5.74, 6) is -0.402. The van der Waals surface area contributed by atoms with Crippen molar-refractivity contribution in [3.63, 3.8) is 0 Å². The average molecular weight is 282 g/mol. The van der Waals surface area contributed by atoms with E-state index in [9.17, 15) is 9.59 Å². The first-order valence-electron chi connectivity index (χ1n) is 5.99. The highest BCUT2D eigenvalue weighted by Gasteiger charge is 2.04. The lowest BCUT2D eigenvalue weighted by Gasteiger charge is -2.08. The SMILES string of the molecule is COCCOCC(=O)Nc1cccc(OCC(N)=O)c1. The van der Waals surface area contributed by atoms with Gasteiger partial charge in [0.1, 0.15) is 12.4 Å². The van der Waals surface area contributed by atoms with E-state index in [1.165, 1.54) is 0 Å². The van der Waals surface area contributed by atoms with Gasteiger partial charge in [0.05, 0.1) is 13.2 Å². The molecule has 7 heteroatoms. The van der Waals surface area contributed by atoms with Crippen molar-refractivity contribution in [2.75, 3.05) is 38.9 Å². The van der Waals surface area contributed by atoms with Crippen molar-refractivity contribution in [1.82, 2.24) is 0 Å². The Kier molecular flexibility index (Phi) is 7.08. The van der Waals surface area contributed by atoms with Gasteiger partial charge in [-0.1, -0.05) is 6.07 Å². The molecular weight excluding hydrogens is 264 g/mol. The van der Waals surface area contributed by atoms with E-state index >= 15 is 0 Å². The second-order valence-electron chi connectivity index (χ2n) is 3.88. The van der Waals surface area contributed by atoms with Crippen molar-refractivity contribution in [2.24, 2.45) is 5.73 Å². The lowest BCUT2D eigenvalue weighted by atomic mass is 10.3. The highest BCUT2D eigenvalue weighted by atomic mass is 16.5. The smallest absolute Gasteiger partial charge is 0.255 e. The van der Waals surface area contributed by atoms with E-state index in [2.05, 4.69) is 5.32 Å². The summed E-state index contributed by atoms with van der Waals surface area (Å²) >= 11 is 0. The molecule has 20 heavy (non-hydrogen) atoms. The fraction of sp³-hybridized carbons (Fsp3) is 0.385. The summed E-state index contributed by atoms with van der Waals surface area (Å²) in [6.07, 6.45) is 0. The van der Waals surface area contributed by atoms with E-state index in [0.29, 0.717) is 24.7 Å². The van der Waals surface area contributed by atoms with E-state index in [-0.39, 0.29) is 19.1 Å². The Bertz CT molecular complexity index is 450. The molecular formula is C13H18N2O5. The minimum Gasteiger partial charge on any atom is -0.484 e. The number of benzene rings is 1. The van der Waals surface area contributed by atoms with Crippen LogP contribution in [0.1, 0.15) is 0 Å². The number of amides is 2. The van der Waals surface area contributed by atoms with Crippen LogP contribution in [0.4, 0.5) is 5.69 Å². The van der Waals surface area contributed by atoms with Crippen LogP contribution < -0.4 is 15.8 Å². The largest absolute Gasteiger partial charge is 0.484 e. The van der Waals surface area contributed by atoms with Crippen LogP contribution >= 0.6 is 0 Å². The first-order valence-corrected chi connectivity index (χ1v) is 5.99. The Balaban J connectivity index is 2.40. The standard InChI is InChI=1S/C13H18N2O5/c1-18-5-6-19-9-13(17)15-10-3-2-4-11(7-10)20-8-12(14)16/h2-4,7H,5-6,8-9H2,1H3,(H2,14,16)(H,15,17). The Labute approximate surface area is 117 Å². The zero-order valence-corrected chi connectivity index (χ0v) is 11.3. The van der Waals surface area contributed by atoms with Gasteiger partial charge in [-0.15, -0.1) is 0 Å². The maximum atomic E-state index is 11.6. The summed E-state index contributed by atoms with van der Waals surface area (Å²) in [7, 11) is 1.56.